The van der Waals surface area contributed by atoms with Gasteiger partial charge >= 0.3 is 0 Å². The summed E-state index contributed by atoms with van der Waals surface area (Å²) in [6.07, 6.45) is 1.15. The van der Waals surface area contributed by atoms with Crippen LogP contribution in [0.25, 0.3) is 22.6 Å². The third kappa shape index (κ3) is 3.37. The van der Waals surface area contributed by atoms with Crippen molar-refractivity contribution in [2.24, 2.45) is 0 Å². The molecule has 0 atom stereocenters. The number of imidazole rings is 1. The highest BCUT2D eigenvalue weighted by Gasteiger charge is 2.16. The van der Waals surface area contributed by atoms with Gasteiger partial charge in [-0.2, -0.15) is 0 Å². The fourth-order valence-electron chi connectivity index (χ4n) is 2.56. The van der Waals surface area contributed by atoms with Crippen molar-refractivity contribution < 1.29 is 13.7 Å². The Morgan fingerprint density at radius 3 is 3.00 bits per heavy atom. The molecule has 28 heavy (non-hydrogen) atoms. The highest BCUT2D eigenvalue weighted by Crippen LogP contribution is 2.23. The Labute approximate surface area is 162 Å². The van der Waals surface area contributed by atoms with Crippen molar-refractivity contribution in [3.8, 4) is 11.6 Å². The molecule has 9 nitrogen and oxygen atoms in total. The molecule has 0 saturated heterocycles. The SMILES string of the molecule is Nc1ncnc(C(=O)NCc2cc(-c3nc4ccc(CF)cc4[nH]3)on2)c1Cl. The number of fused-ring (bicyclic) bond motifs is 1. The Bertz CT molecular complexity index is 1170. The Morgan fingerprint density at radius 1 is 1.32 bits per heavy atom. The summed E-state index contributed by atoms with van der Waals surface area (Å²) in [4.78, 5) is 27.2. The predicted octanol–water partition coefficient (Wildman–Crippen LogP) is 2.64. The molecule has 4 N–H and O–H groups in total. The Morgan fingerprint density at radius 2 is 2.18 bits per heavy atom. The minimum absolute atomic E-state index is 0.0178. The molecule has 4 rings (SSSR count). The molecule has 0 aliphatic carbocycles. The molecule has 142 valence electrons. The molecule has 0 aliphatic heterocycles. The monoisotopic (exact) mass is 401 g/mol. The first-order valence-electron chi connectivity index (χ1n) is 8.10. The van der Waals surface area contributed by atoms with E-state index >= 15 is 0 Å². The number of anilines is 1. The first-order valence-corrected chi connectivity index (χ1v) is 8.47. The molecule has 1 aromatic carbocycles. The van der Waals surface area contributed by atoms with Gasteiger partial charge in [-0.3, -0.25) is 4.79 Å². The quantitative estimate of drug-likeness (QED) is 0.467. The molecule has 11 heteroatoms. The van der Waals surface area contributed by atoms with E-state index in [1.54, 1.807) is 24.3 Å². The molecule has 0 radical (unpaired) electrons. The molecule has 3 aromatic heterocycles. The van der Waals surface area contributed by atoms with Crippen molar-refractivity contribution in [3.63, 3.8) is 0 Å². The van der Waals surface area contributed by atoms with Crippen molar-refractivity contribution in [3.05, 3.63) is 52.6 Å². The number of hydrogen-bond donors (Lipinski definition) is 3. The molecule has 0 unspecified atom stereocenters. The second-order valence-electron chi connectivity index (χ2n) is 5.86. The average molecular weight is 402 g/mol. The van der Waals surface area contributed by atoms with Crippen molar-refractivity contribution in [2.45, 2.75) is 13.2 Å². The lowest BCUT2D eigenvalue weighted by Crippen LogP contribution is -2.24. The maximum absolute atomic E-state index is 12.8. The Hall–Kier alpha value is -3.53. The van der Waals surface area contributed by atoms with Crippen molar-refractivity contribution in [2.75, 3.05) is 5.73 Å². The molecule has 0 saturated carbocycles. The lowest BCUT2D eigenvalue weighted by molar-refractivity contribution is 0.0945. The van der Waals surface area contributed by atoms with E-state index in [0.29, 0.717) is 33.9 Å². The second kappa shape index (κ2) is 7.24. The Kier molecular flexibility index (Phi) is 4.62. The summed E-state index contributed by atoms with van der Waals surface area (Å²) in [7, 11) is 0. The number of hydrogen-bond acceptors (Lipinski definition) is 7. The van der Waals surface area contributed by atoms with E-state index in [1.165, 1.54) is 0 Å². The van der Waals surface area contributed by atoms with Gasteiger partial charge in [0.1, 0.15) is 29.5 Å². The summed E-state index contributed by atoms with van der Waals surface area (Å²) < 4.78 is 18.1. The van der Waals surface area contributed by atoms with Crippen LogP contribution in [0.1, 0.15) is 21.7 Å². The third-order valence-corrected chi connectivity index (χ3v) is 4.33. The lowest BCUT2D eigenvalue weighted by Gasteiger charge is -2.04. The van der Waals surface area contributed by atoms with E-state index in [9.17, 15) is 9.18 Å². The van der Waals surface area contributed by atoms with Crippen LogP contribution in [0.4, 0.5) is 10.2 Å². The van der Waals surface area contributed by atoms with Gasteiger partial charge in [0.15, 0.2) is 11.5 Å². The van der Waals surface area contributed by atoms with Crippen LogP contribution in [0.15, 0.2) is 35.1 Å². The highest BCUT2D eigenvalue weighted by atomic mass is 35.5. The Balaban J connectivity index is 1.49. The predicted molar refractivity (Wildman–Crippen MR) is 99.0 cm³/mol. The van der Waals surface area contributed by atoms with E-state index in [-0.39, 0.29) is 23.1 Å². The number of nitrogens with one attached hydrogen (secondary N) is 2. The topological polar surface area (TPSA) is 136 Å². The van der Waals surface area contributed by atoms with E-state index in [4.69, 9.17) is 21.9 Å². The van der Waals surface area contributed by atoms with Gasteiger partial charge < -0.3 is 20.6 Å². The number of nitrogens with zero attached hydrogens (tertiary/aromatic N) is 4. The van der Waals surface area contributed by atoms with Crippen molar-refractivity contribution in [1.29, 1.82) is 0 Å². The zero-order chi connectivity index (χ0) is 19.7. The van der Waals surface area contributed by atoms with Crippen molar-refractivity contribution in [1.82, 2.24) is 30.4 Å². The maximum atomic E-state index is 12.8. The number of benzene rings is 1. The van der Waals surface area contributed by atoms with Crippen LogP contribution in [0.5, 0.6) is 0 Å². The number of rotatable bonds is 5. The third-order valence-electron chi connectivity index (χ3n) is 3.95. The number of aromatic amines is 1. The van der Waals surface area contributed by atoms with Gasteiger partial charge in [0.05, 0.1) is 17.6 Å². The minimum Gasteiger partial charge on any atom is -0.382 e. The van der Waals surface area contributed by atoms with Gasteiger partial charge in [0.2, 0.25) is 5.76 Å². The van der Waals surface area contributed by atoms with Crippen LogP contribution in [0, 0.1) is 0 Å². The number of H-pyrrole nitrogens is 1. The molecule has 0 aliphatic rings. The maximum Gasteiger partial charge on any atom is 0.271 e. The van der Waals surface area contributed by atoms with Gasteiger partial charge in [0, 0.05) is 6.07 Å². The number of nitrogen functional groups attached to an aromatic ring is 1. The van der Waals surface area contributed by atoms with Gasteiger partial charge in [0.25, 0.3) is 5.91 Å². The number of carbonyl (C=O) groups is 1. The lowest BCUT2D eigenvalue weighted by atomic mass is 10.2. The number of carbonyl (C=O) groups excluding carboxylic acids is 1. The van der Waals surface area contributed by atoms with E-state index in [0.717, 1.165) is 6.33 Å². The van der Waals surface area contributed by atoms with E-state index in [2.05, 4.69) is 30.4 Å². The number of nitrogens with two attached hydrogens (primary N) is 1. The smallest absolute Gasteiger partial charge is 0.271 e. The molecule has 1 amide bonds. The number of amides is 1. The van der Waals surface area contributed by atoms with Gasteiger partial charge in [-0.25, -0.2) is 19.3 Å². The summed E-state index contributed by atoms with van der Waals surface area (Å²) in [6, 6.07) is 6.70. The van der Waals surface area contributed by atoms with Crippen LogP contribution in [0.3, 0.4) is 0 Å². The summed E-state index contributed by atoms with van der Waals surface area (Å²) in [6.45, 7) is -0.479. The van der Waals surface area contributed by atoms with Crippen molar-refractivity contribution >= 4 is 34.4 Å². The fraction of sp³-hybridized carbons (Fsp3) is 0.118. The zero-order valence-electron chi connectivity index (χ0n) is 14.2. The standard InChI is InChI=1S/C17H13ClFN7O2/c18-13-14(22-7-23-15(13)20)17(27)21-6-9-4-12(28-26-9)16-24-10-2-1-8(5-19)3-11(10)25-16/h1-4,7H,5-6H2,(H,21,27)(H,24,25)(H2,20,22,23). The van der Waals surface area contributed by atoms with Crippen LogP contribution in [-0.2, 0) is 13.2 Å². The minimum atomic E-state index is -0.557. The number of halogens is 2. The van der Waals surface area contributed by atoms with Gasteiger partial charge in [-0.1, -0.05) is 22.8 Å². The van der Waals surface area contributed by atoms with E-state index in [1.807, 2.05) is 0 Å². The molecular weight excluding hydrogens is 389 g/mol. The van der Waals surface area contributed by atoms with Crippen LogP contribution < -0.4 is 11.1 Å². The summed E-state index contributed by atoms with van der Waals surface area (Å²) in [5.74, 6) is 0.326. The van der Waals surface area contributed by atoms with E-state index < -0.39 is 12.6 Å². The zero-order valence-corrected chi connectivity index (χ0v) is 15.0. The summed E-state index contributed by atoms with van der Waals surface area (Å²) in [5, 5.41) is 6.51. The first-order chi connectivity index (χ1) is 13.5. The molecule has 0 bridgehead atoms. The molecular formula is C17H13ClFN7O2. The number of alkyl halides is 1. The first kappa shape index (κ1) is 17.9. The molecule has 0 fully saturated rings. The normalized spacial score (nSPS) is 11.1. The largest absolute Gasteiger partial charge is 0.382 e. The fourth-order valence-corrected chi connectivity index (χ4v) is 2.74. The number of aromatic nitrogens is 5. The van der Waals surface area contributed by atoms with Gasteiger partial charge in [-0.15, -0.1) is 0 Å². The molecule has 4 aromatic rings. The summed E-state index contributed by atoms with van der Waals surface area (Å²) in [5.41, 5.74) is 7.91. The average Bonchev–Trinajstić information content (AvgIpc) is 3.34. The highest BCUT2D eigenvalue weighted by molar-refractivity contribution is 6.35. The van der Waals surface area contributed by atoms with Crippen LogP contribution in [-0.4, -0.2) is 31.0 Å². The molecule has 3 heterocycles. The summed E-state index contributed by atoms with van der Waals surface area (Å²) >= 11 is 5.93. The van der Waals surface area contributed by atoms with Crippen LogP contribution >= 0.6 is 11.6 Å². The van der Waals surface area contributed by atoms with Gasteiger partial charge in [-0.05, 0) is 17.7 Å². The second-order valence-corrected chi connectivity index (χ2v) is 6.24. The van der Waals surface area contributed by atoms with Crippen LogP contribution in [0.2, 0.25) is 5.02 Å². The molecule has 0 spiro atoms.